The number of halogens is 1. The Morgan fingerprint density at radius 3 is 2.52 bits per heavy atom. The Morgan fingerprint density at radius 2 is 1.92 bits per heavy atom. The van der Waals surface area contributed by atoms with Gasteiger partial charge in [0.15, 0.2) is 11.5 Å². The lowest BCUT2D eigenvalue weighted by Crippen LogP contribution is -2.16. The van der Waals surface area contributed by atoms with Gasteiger partial charge >= 0.3 is 0 Å². The summed E-state index contributed by atoms with van der Waals surface area (Å²) in [5.41, 5.74) is 3.34. The van der Waals surface area contributed by atoms with Crippen molar-refractivity contribution in [3.63, 3.8) is 0 Å². The van der Waals surface area contributed by atoms with Crippen LogP contribution < -0.4 is 14.8 Å². The van der Waals surface area contributed by atoms with Crippen molar-refractivity contribution in [3.8, 4) is 11.5 Å². The maximum atomic E-state index is 9.60. The number of amidine groups is 1. The molecule has 5 nitrogen and oxygen atoms in total. The van der Waals surface area contributed by atoms with Crippen LogP contribution in [0, 0.1) is 6.92 Å². The van der Waals surface area contributed by atoms with E-state index in [1.54, 1.807) is 14.2 Å². The predicted octanol–water partition coefficient (Wildman–Crippen LogP) is 4.27. The molecule has 0 saturated carbocycles. The van der Waals surface area contributed by atoms with Crippen molar-refractivity contribution in [3.05, 3.63) is 64.3 Å². The van der Waals surface area contributed by atoms with Crippen molar-refractivity contribution in [2.24, 2.45) is 4.99 Å². The normalized spacial score (nSPS) is 11.2. The van der Waals surface area contributed by atoms with E-state index in [9.17, 15) is 5.11 Å². The topological polar surface area (TPSA) is 63.1 Å². The van der Waals surface area contributed by atoms with E-state index in [4.69, 9.17) is 9.47 Å². The second-order valence-electron chi connectivity index (χ2n) is 5.27. The minimum absolute atomic E-state index is 0.0892. The number of hydrogen-bond donors (Lipinski definition) is 2. The van der Waals surface area contributed by atoms with Gasteiger partial charge in [-0.25, -0.2) is 4.99 Å². The molecule has 0 atom stereocenters. The maximum Gasteiger partial charge on any atom is 0.161 e. The summed E-state index contributed by atoms with van der Waals surface area (Å²) in [5, 5.41) is 12.9. The fraction of sp³-hybridized carbons (Fsp3) is 0.211. The van der Waals surface area contributed by atoms with Crippen LogP contribution in [0.15, 0.2) is 52.6 Å². The van der Waals surface area contributed by atoms with Crippen LogP contribution in [-0.2, 0) is 6.61 Å². The molecule has 2 N–H and O–H groups in total. The van der Waals surface area contributed by atoms with E-state index in [2.05, 4.69) is 32.8 Å². The Balaban J connectivity index is 2.50. The van der Waals surface area contributed by atoms with Gasteiger partial charge in [-0.1, -0.05) is 22.5 Å². The van der Waals surface area contributed by atoms with E-state index in [1.807, 2.05) is 37.3 Å². The number of benzene rings is 2. The lowest BCUT2D eigenvalue weighted by atomic mass is 10.1. The summed E-state index contributed by atoms with van der Waals surface area (Å²) in [4.78, 5) is 4.36. The van der Waals surface area contributed by atoms with Gasteiger partial charge in [-0.15, -0.1) is 0 Å². The highest BCUT2D eigenvalue weighted by molar-refractivity contribution is 9.10. The second-order valence-corrected chi connectivity index (χ2v) is 6.18. The molecule has 0 unspecified atom stereocenters. The zero-order chi connectivity index (χ0) is 18.4. The first-order chi connectivity index (χ1) is 12.0. The molecule has 0 fully saturated rings. The number of nitrogens with zero attached hydrogens (tertiary/aromatic N) is 1. The lowest BCUT2D eigenvalue weighted by molar-refractivity contribution is 0.282. The Hall–Kier alpha value is -2.31. The molecule has 0 heterocycles. The summed E-state index contributed by atoms with van der Waals surface area (Å²) in [6, 6.07) is 9.39. The molecule has 0 aliphatic carbocycles. The van der Waals surface area contributed by atoms with Gasteiger partial charge in [-0.3, -0.25) is 0 Å². The van der Waals surface area contributed by atoms with E-state index < -0.39 is 0 Å². The third kappa shape index (κ3) is 4.41. The molecule has 0 bridgehead atoms. The first-order valence-corrected chi connectivity index (χ1v) is 8.41. The van der Waals surface area contributed by atoms with Crippen LogP contribution in [0.1, 0.15) is 16.7 Å². The molecule has 6 heteroatoms. The largest absolute Gasteiger partial charge is 0.493 e. The van der Waals surface area contributed by atoms with Crippen LogP contribution in [0.4, 0.5) is 5.69 Å². The third-order valence-electron chi connectivity index (χ3n) is 3.70. The van der Waals surface area contributed by atoms with Gasteiger partial charge < -0.3 is 19.9 Å². The molecule has 0 aromatic heterocycles. The number of methoxy groups -OCH3 is 2. The highest BCUT2D eigenvalue weighted by Gasteiger charge is 2.14. The number of aliphatic hydroxyl groups is 1. The van der Waals surface area contributed by atoms with Gasteiger partial charge in [0.2, 0.25) is 0 Å². The summed E-state index contributed by atoms with van der Waals surface area (Å²) >= 11 is 3.41. The Labute approximate surface area is 156 Å². The molecule has 0 saturated heterocycles. The summed E-state index contributed by atoms with van der Waals surface area (Å²) in [6.45, 7) is 5.57. The second kappa shape index (κ2) is 8.69. The van der Waals surface area contributed by atoms with E-state index >= 15 is 0 Å². The van der Waals surface area contributed by atoms with Crippen LogP contribution in [0.25, 0.3) is 0 Å². The molecule has 0 radical (unpaired) electrons. The fourth-order valence-corrected chi connectivity index (χ4v) is 2.85. The molecule has 0 amide bonds. The Bertz CT molecular complexity index is 803. The number of hydrogen-bond acceptors (Lipinski definition) is 4. The summed E-state index contributed by atoms with van der Waals surface area (Å²) < 4.78 is 11.6. The Morgan fingerprint density at radius 1 is 1.24 bits per heavy atom. The minimum Gasteiger partial charge on any atom is -0.493 e. The highest BCUT2D eigenvalue weighted by atomic mass is 79.9. The summed E-state index contributed by atoms with van der Waals surface area (Å²) in [6.07, 6.45) is 1.47. The average molecular weight is 405 g/mol. The molecule has 0 aliphatic rings. The van der Waals surface area contributed by atoms with Crippen LogP contribution in [0.2, 0.25) is 0 Å². The number of ether oxygens (including phenoxy) is 2. The molecular formula is C19H21BrN2O3. The molecule has 2 aromatic carbocycles. The standard InChI is InChI=1S/C19H21BrN2O3/c1-5-21-19(22-16-7-6-14(20)9-13(16)11-23)15-10-18(25-4)17(24-3)8-12(15)2/h5-10,23H,1,11H2,2-4H3,(H,21,22). The number of rotatable bonds is 6. The smallest absolute Gasteiger partial charge is 0.161 e. The third-order valence-corrected chi connectivity index (χ3v) is 4.19. The molecule has 132 valence electrons. The van der Waals surface area contributed by atoms with Crippen molar-refractivity contribution in [1.29, 1.82) is 0 Å². The van der Waals surface area contributed by atoms with E-state index in [-0.39, 0.29) is 6.61 Å². The number of anilines is 1. The molecule has 2 aromatic rings. The van der Waals surface area contributed by atoms with Gasteiger partial charge in [0, 0.05) is 27.5 Å². The molecule has 0 spiro atoms. The first kappa shape index (κ1) is 19.0. The van der Waals surface area contributed by atoms with Gasteiger partial charge in [-0.2, -0.15) is 0 Å². The average Bonchev–Trinajstić information content (AvgIpc) is 2.62. The van der Waals surface area contributed by atoms with E-state index in [0.29, 0.717) is 17.3 Å². The van der Waals surface area contributed by atoms with E-state index in [1.165, 1.54) is 6.20 Å². The highest BCUT2D eigenvalue weighted by Crippen LogP contribution is 2.31. The first-order valence-electron chi connectivity index (χ1n) is 7.62. The molecule has 25 heavy (non-hydrogen) atoms. The SMILES string of the molecule is C=CN=C(Nc1ccc(Br)cc1CO)c1cc(OC)c(OC)cc1C. The van der Waals surface area contributed by atoms with Gasteiger partial charge in [-0.05, 0) is 42.8 Å². The van der Waals surface area contributed by atoms with Gasteiger partial charge in [0.1, 0.15) is 5.84 Å². The van der Waals surface area contributed by atoms with Gasteiger partial charge in [0.05, 0.1) is 20.8 Å². The fourth-order valence-electron chi connectivity index (χ4n) is 2.44. The molecular weight excluding hydrogens is 384 g/mol. The van der Waals surface area contributed by atoms with Crippen molar-refractivity contribution in [1.82, 2.24) is 0 Å². The predicted molar refractivity (Wildman–Crippen MR) is 105 cm³/mol. The quantitative estimate of drug-likeness (QED) is 0.557. The summed E-state index contributed by atoms with van der Waals surface area (Å²) in [7, 11) is 3.19. The van der Waals surface area contributed by atoms with E-state index in [0.717, 1.165) is 26.9 Å². The number of aliphatic hydroxyl groups excluding tert-OH is 1. The van der Waals surface area contributed by atoms with Crippen LogP contribution in [-0.4, -0.2) is 25.2 Å². The molecule has 0 aliphatic heterocycles. The number of aliphatic imine (C=N–C) groups is 1. The Kier molecular flexibility index (Phi) is 6.61. The maximum absolute atomic E-state index is 9.60. The van der Waals surface area contributed by atoms with Crippen molar-refractivity contribution in [2.45, 2.75) is 13.5 Å². The number of aryl methyl sites for hydroxylation is 1. The lowest BCUT2D eigenvalue weighted by Gasteiger charge is -2.17. The van der Waals surface area contributed by atoms with Crippen LogP contribution in [0.5, 0.6) is 11.5 Å². The zero-order valence-corrected chi connectivity index (χ0v) is 16.1. The monoisotopic (exact) mass is 404 g/mol. The summed E-state index contributed by atoms with van der Waals surface area (Å²) in [5.74, 6) is 1.87. The number of nitrogens with one attached hydrogen (secondary N) is 1. The van der Waals surface area contributed by atoms with Crippen LogP contribution in [0.3, 0.4) is 0 Å². The molecule has 2 rings (SSSR count). The van der Waals surface area contributed by atoms with Crippen molar-refractivity contribution in [2.75, 3.05) is 19.5 Å². The van der Waals surface area contributed by atoms with Crippen molar-refractivity contribution >= 4 is 27.5 Å². The van der Waals surface area contributed by atoms with Crippen LogP contribution >= 0.6 is 15.9 Å². The van der Waals surface area contributed by atoms with Crippen molar-refractivity contribution < 1.29 is 14.6 Å². The minimum atomic E-state index is -0.0892. The zero-order valence-electron chi connectivity index (χ0n) is 14.5. The van der Waals surface area contributed by atoms with Gasteiger partial charge in [0.25, 0.3) is 0 Å².